The van der Waals surface area contributed by atoms with Crippen LogP contribution in [0.15, 0.2) is 34.9 Å². The summed E-state index contributed by atoms with van der Waals surface area (Å²) in [7, 11) is 0. The van der Waals surface area contributed by atoms with Crippen molar-refractivity contribution < 1.29 is 4.79 Å². The van der Waals surface area contributed by atoms with Gasteiger partial charge in [0.15, 0.2) is 0 Å². The van der Waals surface area contributed by atoms with Gasteiger partial charge in [-0.3, -0.25) is 4.79 Å². The van der Waals surface area contributed by atoms with Gasteiger partial charge in [-0.1, -0.05) is 48.8 Å². The van der Waals surface area contributed by atoms with E-state index in [4.69, 9.17) is 0 Å². The van der Waals surface area contributed by atoms with Gasteiger partial charge in [0, 0.05) is 12.3 Å². The predicted molar refractivity (Wildman–Crippen MR) is 129 cm³/mol. The van der Waals surface area contributed by atoms with Crippen molar-refractivity contribution in [2.24, 2.45) is 47.3 Å². The minimum atomic E-state index is 0.364. The van der Waals surface area contributed by atoms with Crippen molar-refractivity contribution in [1.82, 2.24) is 0 Å². The van der Waals surface area contributed by atoms with Crippen LogP contribution in [0.4, 0.5) is 0 Å². The monoisotopic (exact) mass is 410 g/mol. The van der Waals surface area contributed by atoms with E-state index in [1.807, 2.05) is 0 Å². The molecule has 0 N–H and O–H groups in total. The summed E-state index contributed by atoms with van der Waals surface area (Å²) in [5.41, 5.74) is 4.52. The van der Waals surface area contributed by atoms with Gasteiger partial charge < -0.3 is 0 Å². The van der Waals surface area contributed by atoms with E-state index in [0.29, 0.717) is 23.5 Å². The Kier molecular flexibility index (Phi) is 7.86. The van der Waals surface area contributed by atoms with E-state index in [1.54, 1.807) is 5.57 Å². The number of ketones is 1. The molecule has 0 saturated heterocycles. The minimum absolute atomic E-state index is 0.364. The molecule has 30 heavy (non-hydrogen) atoms. The highest BCUT2D eigenvalue weighted by Crippen LogP contribution is 2.49. The Balaban J connectivity index is 0.000000171. The Morgan fingerprint density at radius 3 is 1.90 bits per heavy atom. The number of hydrogen-bond donors (Lipinski definition) is 0. The fourth-order valence-electron chi connectivity index (χ4n) is 7.20. The van der Waals surface area contributed by atoms with E-state index in [1.165, 1.54) is 43.3 Å². The SMILES string of the molecule is CC(C)=C[C@@H]1CC[C@@H](C)[C@H]2CC=C(C)C12.CC(C)=C[C@@H]1CC[C@@H](C)[C@H]2CCC(=O)C12. The molecule has 0 aromatic rings. The van der Waals surface area contributed by atoms with Crippen LogP contribution < -0.4 is 0 Å². The van der Waals surface area contributed by atoms with Crippen LogP contribution in [-0.4, -0.2) is 5.78 Å². The van der Waals surface area contributed by atoms with Crippen molar-refractivity contribution in [2.75, 3.05) is 0 Å². The molecule has 0 aromatic heterocycles. The Bertz CT molecular complexity index is 678. The molecule has 2 unspecified atom stereocenters. The number of rotatable bonds is 2. The van der Waals surface area contributed by atoms with Gasteiger partial charge in [-0.25, -0.2) is 0 Å². The Morgan fingerprint density at radius 1 is 0.800 bits per heavy atom. The summed E-state index contributed by atoms with van der Waals surface area (Å²) >= 11 is 0. The molecule has 4 aliphatic carbocycles. The minimum Gasteiger partial charge on any atom is -0.299 e. The molecule has 3 fully saturated rings. The molecule has 0 aliphatic heterocycles. The van der Waals surface area contributed by atoms with Gasteiger partial charge in [0.2, 0.25) is 0 Å². The van der Waals surface area contributed by atoms with Crippen LogP contribution in [0.25, 0.3) is 0 Å². The van der Waals surface area contributed by atoms with Gasteiger partial charge in [0.1, 0.15) is 5.78 Å². The van der Waals surface area contributed by atoms with E-state index in [2.05, 4.69) is 66.7 Å². The first-order valence-electron chi connectivity index (χ1n) is 12.7. The summed E-state index contributed by atoms with van der Waals surface area (Å²) in [4.78, 5) is 11.9. The quantitative estimate of drug-likeness (QED) is 0.419. The molecule has 0 amide bonds. The first-order chi connectivity index (χ1) is 14.2. The van der Waals surface area contributed by atoms with Gasteiger partial charge in [0.25, 0.3) is 0 Å². The van der Waals surface area contributed by atoms with Gasteiger partial charge in [0.05, 0.1) is 0 Å². The zero-order valence-corrected chi connectivity index (χ0v) is 20.7. The first-order valence-corrected chi connectivity index (χ1v) is 12.7. The van der Waals surface area contributed by atoms with E-state index < -0.39 is 0 Å². The molecule has 0 spiro atoms. The Morgan fingerprint density at radius 2 is 1.33 bits per heavy atom. The predicted octanol–water partition coefficient (Wildman–Crippen LogP) is 8.18. The highest BCUT2D eigenvalue weighted by molar-refractivity contribution is 5.84. The fourth-order valence-corrected chi connectivity index (χ4v) is 7.20. The number of carbonyl (C=O) groups is 1. The second-order valence-corrected chi connectivity index (χ2v) is 11.5. The van der Waals surface area contributed by atoms with Crippen molar-refractivity contribution in [1.29, 1.82) is 0 Å². The maximum Gasteiger partial charge on any atom is 0.136 e. The average Bonchev–Trinajstić information content (AvgIpc) is 3.25. The molecule has 0 radical (unpaired) electrons. The summed E-state index contributed by atoms with van der Waals surface area (Å²) in [6.07, 6.45) is 16.0. The van der Waals surface area contributed by atoms with E-state index in [9.17, 15) is 4.79 Å². The first kappa shape index (κ1) is 23.6. The zero-order valence-electron chi connectivity index (χ0n) is 20.7. The molecule has 1 heteroatoms. The van der Waals surface area contributed by atoms with Gasteiger partial charge in [-0.15, -0.1) is 0 Å². The average molecular weight is 411 g/mol. The third-order valence-corrected chi connectivity index (χ3v) is 8.65. The maximum absolute atomic E-state index is 11.9. The standard InChI is InChI=1S/C15H24.C14H22O/c1-10(2)9-13-7-5-11(3)14-8-6-12(4)15(13)14;1-9(2)8-11-5-4-10(3)12-6-7-13(15)14(11)12/h6,9,11,13-15H,5,7-8H2,1-4H3;8,10-12,14H,4-7H2,1-3H3/t11-,13+,14-,15?;10-,11+,12-,14?/m11/s1. The molecular weight excluding hydrogens is 364 g/mol. The lowest BCUT2D eigenvalue weighted by atomic mass is 9.66. The van der Waals surface area contributed by atoms with Crippen LogP contribution in [0.3, 0.4) is 0 Å². The third-order valence-electron chi connectivity index (χ3n) is 8.65. The highest BCUT2D eigenvalue weighted by atomic mass is 16.1. The van der Waals surface area contributed by atoms with Gasteiger partial charge >= 0.3 is 0 Å². The number of carbonyl (C=O) groups excluding carboxylic acids is 1. The lowest BCUT2D eigenvalue weighted by molar-refractivity contribution is -0.123. The molecule has 8 atom stereocenters. The molecule has 1 nitrogen and oxygen atoms in total. The molecule has 0 heterocycles. The van der Waals surface area contributed by atoms with Crippen LogP contribution in [0.5, 0.6) is 0 Å². The van der Waals surface area contributed by atoms with E-state index >= 15 is 0 Å². The van der Waals surface area contributed by atoms with Crippen molar-refractivity contribution >= 4 is 5.78 Å². The van der Waals surface area contributed by atoms with E-state index in [0.717, 1.165) is 42.4 Å². The molecule has 4 rings (SSSR count). The van der Waals surface area contributed by atoms with Crippen LogP contribution >= 0.6 is 0 Å². The number of fused-ring (bicyclic) bond motifs is 2. The molecule has 0 bridgehead atoms. The smallest absolute Gasteiger partial charge is 0.136 e. The molecule has 3 saturated carbocycles. The van der Waals surface area contributed by atoms with Crippen molar-refractivity contribution in [3.05, 3.63) is 34.9 Å². The third kappa shape index (κ3) is 5.20. The summed E-state index contributed by atoms with van der Waals surface area (Å²) in [5, 5.41) is 0. The second-order valence-electron chi connectivity index (χ2n) is 11.5. The number of hydrogen-bond acceptors (Lipinski definition) is 1. The molecular formula is C29H46O. The van der Waals surface area contributed by atoms with E-state index in [-0.39, 0.29) is 0 Å². The molecule has 0 aromatic carbocycles. The highest BCUT2D eigenvalue weighted by Gasteiger charge is 2.44. The van der Waals surface area contributed by atoms with Crippen LogP contribution in [0.1, 0.15) is 93.4 Å². The van der Waals surface area contributed by atoms with Crippen molar-refractivity contribution in [3.63, 3.8) is 0 Å². The normalized spacial score (nSPS) is 39.8. The fraction of sp³-hybridized carbons (Fsp3) is 0.759. The summed E-state index contributed by atoms with van der Waals surface area (Å²) in [6, 6.07) is 0. The number of Topliss-reactive ketones (excluding diaryl/α,β-unsaturated/α-hetero) is 1. The second kappa shape index (κ2) is 10.0. The van der Waals surface area contributed by atoms with Crippen LogP contribution in [0.2, 0.25) is 0 Å². The lowest BCUT2D eigenvalue weighted by Gasteiger charge is -2.38. The Hall–Kier alpha value is -1.11. The molecule has 4 aliphatic rings. The summed E-state index contributed by atoms with van der Waals surface area (Å²) in [5.74, 6) is 6.47. The summed E-state index contributed by atoms with van der Waals surface area (Å²) in [6.45, 7) is 15.9. The van der Waals surface area contributed by atoms with Gasteiger partial charge in [-0.2, -0.15) is 0 Å². The lowest BCUT2D eigenvalue weighted by Crippen LogP contribution is -2.32. The molecule has 168 valence electrons. The number of allylic oxidation sites excluding steroid dienone is 6. The zero-order chi connectivity index (χ0) is 22.0. The summed E-state index contributed by atoms with van der Waals surface area (Å²) < 4.78 is 0. The van der Waals surface area contributed by atoms with Gasteiger partial charge in [-0.05, 0) is 115 Å². The van der Waals surface area contributed by atoms with Crippen molar-refractivity contribution in [3.8, 4) is 0 Å². The Labute approximate surface area is 186 Å². The largest absolute Gasteiger partial charge is 0.299 e. The maximum atomic E-state index is 11.9. The van der Waals surface area contributed by atoms with Crippen LogP contribution in [-0.2, 0) is 4.79 Å². The van der Waals surface area contributed by atoms with Crippen molar-refractivity contribution in [2.45, 2.75) is 93.4 Å². The topological polar surface area (TPSA) is 17.1 Å². The van der Waals surface area contributed by atoms with Crippen LogP contribution in [0, 0.1) is 47.3 Å².